The Bertz CT molecular complexity index is 333. The molecule has 0 fully saturated rings. The molecule has 0 bridgehead atoms. The molecule has 5 nitrogen and oxygen atoms in total. The summed E-state index contributed by atoms with van der Waals surface area (Å²) in [6.45, 7) is 11.2. The van der Waals surface area contributed by atoms with E-state index in [-0.39, 0.29) is 17.1 Å². The van der Waals surface area contributed by atoms with Crippen molar-refractivity contribution in [3.63, 3.8) is 0 Å². The smallest absolute Gasteiger partial charge is 0.237 e. The first-order valence-corrected chi connectivity index (χ1v) is 8.53. The fraction of sp³-hybridized carbons (Fsp3) is 0.867. The van der Waals surface area contributed by atoms with Crippen molar-refractivity contribution in [3.05, 3.63) is 0 Å². The fourth-order valence-corrected chi connectivity index (χ4v) is 2.16. The van der Waals surface area contributed by atoms with Crippen molar-refractivity contribution < 1.29 is 14.3 Å². The number of rotatable bonds is 11. The zero-order valence-corrected chi connectivity index (χ0v) is 14.7. The van der Waals surface area contributed by atoms with Gasteiger partial charge in [0.1, 0.15) is 5.78 Å². The molecule has 0 heterocycles. The molecule has 0 spiro atoms. The molecule has 0 aliphatic rings. The molecule has 0 rings (SSSR count). The van der Waals surface area contributed by atoms with Crippen molar-refractivity contribution in [2.24, 2.45) is 17.1 Å². The van der Waals surface area contributed by atoms with Crippen LogP contribution in [0.1, 0.15) is 34.6 Å². The number of Topliss-reactive ketones (excluding diaryl/α,β-unsaturated/α-hetero) is 1. The zero-order chi connectivity index (χ0) is 16.5. The Kier molecular flexibility index (Phi) is 9.90. The molecule has 0 aromatic rings. The van der Waals surface area contributed by atoms with E-state index in [2.05, 4.69) is 19.2 Å². The van der Waals surface area contributed by atoms with Gasteiger partial charge in [0.15, 0.2) is 0 Å². The van der Waals surface area contributed by atoms with Gasteiger partial charge in [-0.05, 0) is 18.3 Å². The molecule has 21 heavy (non-hydrogen) atoms. The Morgan fingerprint density at radius 3 is 2.43 bits per heavy atom. The summed E-state index contributed by atoms with van der Waals surface area (Å²) in [6.07, 6.45) is 0. The van der Waals surface area contributed by atoms with E-state index in [1.54, 1.807) is 18.7 Å². The Balaban J connectivity index is 3.73. The number of hydrogen-bond donors (Lipinski definition) is 2. The van der Waals surface area contributed by atoms with Crippen LogP contribution >= 0.6 is 11.8 Å². The Hall–Kier alpha value is -0.590. The van der Waals surface area contributed by atoms with Crippen molar-refractivity contribution in [1.29, 1.82) is 0 Å². The van der Waals surface area contributed by atoms with Gasteiger partial charge in [0.25, 0.3) is 0 Å². The Labute approximate surface area is 132 Å². The van der Waals surface area contributed by atoms with Crippen LogP contribution in [-0.4, -0.2) is 49.0 Å². The van der Waals surface area contributed by atoms with E-state index < -0.39 is 6.04 Å². The van der Waals surface area contributed by atoms with E-state index in [4.69, 9.17) is 10.5 Å². The minimum absolute atomic E-state index is 0.136. The molecule has 0 aromatic carbocycles. The maximum atomic E-state index is 12.0. The minimum Gasteiger partial charge on any atom is -0.379 e. The zero-order valence-electron chi connectivity index (χ0n) is 13.9. The quantitative estimate of drug-likeness (QED) is 0.564. The SMILES string of the molecule is CC(=O)CSCCOCCNC(=O)C(N)C(C)(C)C(C)C. The van der Waals surface area contributed by atoms with E-state index >= 15 is 0 Å². The maximum Gasteiger partial charge on any atom is 0.237 e. The molecular formula is C15H30N2O3S. The van der Waals surface area contributed by atoms with Crippen molar-refractivity contribution >= 4 is 23.5 Å². The molecule has 0 aliphatic carbocycles. The lowest BCUT2D eigenvalue weighted by Gasteiger charge is -2.34. The van der Waals surface area contributed by atoms with Gasteiger partial charge in [-0.15, -0.1) is 0 Å². The monoisotopic (exact) mass is 318 g/mol. The molecule has 1 atom stereocenters. The first-order chi connectivity index (χ1) is 9.69. The molecule has 0 aromatic heterocycles. The highest BCUT2D eigenvalue weighted by atomic mass is 32.2. The van der Waals surface area contributed by atoms with Crippen LogP contribution in [0.4, 0.5) is 0 Å². The third kappa shape index (κ3) is 8.44. The molecule has 1 unspecified atom stereocenters. The second-order valence-electron chi connectivity index (χ2n) is 6.11. The van der Waals surface area contributed by atoms with E-state index in [9.17, 15) is 9.59 Å². The molecule has 0 saturated heterocycles. The van der Waals surface area contributed by atoms with Crippen LogP contribution in [0.25, 0.3) is 0 Å². The summed E-state index contributed by atoms with van der Waals surface area (Å²) < 4.78 is 5.39. The number of hydrogen-bond acceptors (Lipinski definition) is 5. The topological polar surface area (TPSA) is 81.4 Å². The predicted octanol–water partition coefficient (Wildman–Crippen LogP) is 1.45. The molecule has 1 amide bonds. The molecular weight excluding hydrogens is 288 g/mol. The van der Waals surface area contributed by atoms with Gasteiger partial charge in [0, 0.05) is 12.3 Å². The fourth-order valence-electron chi connectivity index (χ4n) is 1.49. The van der Waals surface area contributed by atoms with Crippen LogP contribution in [-0.2, 0) is 14.3 Å². The predicted molar refractivity (Wildman–Crippen MR) is 88.4 cm³/mol. The summed E-state index contributed by atoms with van der Waals surface area (Å²) in [5.41, 5.74) is 5.77. The van der Waals surface area contributed by atoms with Crippen LogP contribution in [0.3, 0.4) is 0 Å². The van der Waals surface area contributed by atoms with Crippen LogP contribution in [0.5, 0.6) is 0 Å². The first kappa shape index (κ1) is 20.4. The average Bonchev–Trinajstić information content (AvgIpc) is 2.39. The van der Waals surface area contributed by atoms with Gasteiger partial charge in [-0.3, -0.25) is 9.59 Å². The lowest BCUT2D eigenvalue weighted by Crippen LogP contribution is -2.52. The normalized spacial score (nSPS) is 13.3. The highest BCUT2D eigenvalue weighted by molar-refractivity contribution is 7.99. The molecule has 124 valence electrons. The summed E-state index contributed by atoms with van der Waals surface area (Å²) in [5.74, 6) is 1.68. The Morgan fingerprint density at radius 1 is 1.29 bits per heavy atom. The molecule has 0 radical (unpaired) electrons. The molecule has 0 aliphatic heterocycles. The lowest BCUT2D eigenvalue weighted by atomic mass is 9.75. The van der Waals surface area contributed by atoms with E-state index in [1.165, 1.54) is 0 Å². The van der Waals surface area contributed by atoms with Gasteiger partial charge in [-0.1, -0.05) is 27.7 Å². The summed E-state index contributed by atoms with van der Waals surface area (Å²) in [7, 11) is 0. The number of nitrogens with one attached hydrogen (secondary N) is 1. The third-order valence-electron chi connectivity index (χ3n) is 3.80. The van der Waals surface area contributed by atoms with Gasteiger partial charge < -0.3 is 15.8 Å². The molecule has 3 N–H and O–H groups in total. The number of carbonyl (C=O) groups excluding carboxylic acids is 2. The lowest BCUT2D eigenvalue weighted by molar-refractivity contribution is -0.125. The van der Waals surface area contributed by atoms with Gasteiger partial charge in [-0.25, -0.2) is 0 Å². The van der Waals surface area contributed by atoms with Crippen molar-refractivity contribution in [2.45, 2.75) is 40.7 Å². The van der Waals surface area contributed by atoms with Gasteiger partial charge in [-0.2, -0.15) is 11.8 Å². The van der Waals surface area contributed by atoms with Crippen molar-refractivity contribution in [1.82, 2.24) is 5.32 Å². The Morgan fingerprint density at radius 2 is 1.90 bits per heavy atom. The summed E-state index contributed by atoms with van der Waals surface area (Å²) in [6, 6.07) is -0.524. The van der Waals surface area contributed by atoms with Gasteiger partial charge in [0.2, 0.25) is 5.91 Å². The van der Waals surface area contributed by atoms with Crippen molar-refractivity contribution in [3.8, 4) is 0 Å². The van der Waals surface area contributed by atoms with E-state index in [1.807, 2.05) is 13.8 Å². The standard InChI is InChI=1S/C15H30N2O3S/c1-11(2)15(4,5)13(16)14(19)17-6-7-20-8-9-21-10-12(3)18/h11,13H,6-10,16H2,1-5H3,(H,17,19). The number of nitrogens with two attached hydrogens (primary N) is 1. The summed E-state index contributed by atoms with van der Waals surface area (Å²) in [5, 5.41) is 2.80. The highest BCUT2D eigenvalue weighted by Crippen LogP contribution is 2.29. The number of ketones is 1. The second-order valence-corrected chi connectivity index (χ2v) is 7.22. The first-order valence-electron chi connectivity index (χ1n) is 7.37. The second kappa shape index (κ2) is 10.2. The molecule has 0 saturated carbocycles. The van der Waals surface area contributed by atoms with Crippen LogP contribution in [0, 0.1) is 11.3 Å². The van der Waals surface area contributed by atoms with Gasteiger partial charge in [0.05, 0.1) is 25.0 Å². The number of thioether (sulfide) groups is 1. The van der Waals surface area contributed by atoms with E-state index in [0.717, 1.165) is 5.75 Å². The number of carbonyl (C=O) groups is 2. The third-order valence-corrected chi connectivity index (χ3v) is 4.86. The number of amides is 1. The van der Waals surface area contributed by atoms with Crippen LogP contribution in [0.2, 0.25) is 0 Å². The minimum atomic E-state index is -0.524. The van der Waals surface area contributed by atoms with Crippen LogP contribution < -0.4 is 11.1 Å². The highest BCUT2D eigenvalue weighted by Gasteiger charge is 2.34. The summed E-state index contributed by atoms with van der Waals surface area (Å²) in [4.78, 5) is 22.7. The average molecular weight is 318 g/mol. The van der Waals surface area contributed by atoms with E-state index in [0.29, 0.717) is 31.4 Å². The van der Waals surface area contributed by atoms with Crippen LogP contribution in [0.15, 0.2) is 0 Å². The number of ether oxygens (including phenoxy) is 1. The summed E-state index contributed by atoms with van der Waals surface area (Å²) >= 11 is 1.56. The maximum absolute atomic E-state index is 12.0. The molecule has 6 heteroatoms. The van der Waals surface area contributed by atoms with Crippen molar-refractivity contribution in [2.75, 3.05) is 31.3 Å². The van der Waals surface area contributed by atoms with Gasteiger partial charge >= 0.3 is 0 Å². The largest absolute Gasteiger partial charge is 0.379 e.